The molecule has 1 aromatic carbocycles. The molecule has 0 aromatic heterocycles. The summed E-state index contributed by atoms with van der Waals surface area (Å²) in [5.41, 5.74) is -0.433. The molecule has 2 N–H and O–H groups in total. The van der Waals surface area contributed by atoms with E-state index in [1.165, 1.54) is 23.1 Å². The molecule has 1 aliphatic carbocycles. The zero-order valence-electron chi connectivity index (χ0n) is 16.2. The lowest BCUT2D eigenvalue weighted by atomic mass is 9.76. The van der Waals surface area contributed by atoms with Gasteiger partial charge in [-0.3, -0.25) is 24.6 Å². The molecule has 4 aliphatic rings. The van der Waals surface area contributed by atoms with E-state index in [1.54, 1.807) is 11.8 Å². The van der Waals surface area contributed by atoms with Gasteiger partial charge in [-0.1, -0.05) is 12.8 Å². The number of imide groups is 1. The summed E-state index contributed by atoms with van der Waals surface area (Å²) >= 11 is 1.66. The number of hydrogen-bond donors (Lipinski definition) is 2. The Kier molecular flexibility index (Phi) is 4.47. The van der Waals surface area contributed by atoms with Crippen LogP contribution in [0.1, 0.15) is 37.7 Å². The lowest BCUT2D eigenvalue weighted by Gasteiger charge is -2.31. The first-order valence-corrected chi connectivity index (χ1v) is 11.6. The fraction of sp³-hybridized carbons (Fsp3) is 0.571. The summed E-state index contributed by atoms with van der Waals surface area (Å²) in [5.74, 6) is -1.89. The smallest absolute Gasteiger partial charge is 0.250 e. The predicted octanol–water partition coefficient (Wildman–Crippen LogP) is 2.24. The summed E-state index contributed by atoms with van der Waals surface area (Å²) in [6, 6.07) is 3.77. The maximum absolute atomic E-state index is 14.1. The zero-order chi connectivity index (χ0) is 20.3. The summed E-state index contributed by atoms with van der Waals surface area (Å²) in [7, 11) is 0. The number of halogens is 1. The third-order valence-electron chi connectivity index (χ3n) is 7.03. The second-order valence-corrected chi connectivity index (χ2v) is 9.46. The molecule has 3 fully saturated rings. The van der Waals surface area contributed by atoms with Crippen molar-refractivity contribution >= 4 is 35.2 Å². The molecule has 3 heterocycles. The van der Waals surface area contributed by atoms with Crippen molar-refractivity contribution in [3.05, 3.63) is 29.6 Å². The third kappa shape index (κ3) is 2.54. The number of hydrogen-bond acceptors (Lipinski definition) is 5. The van der Waals surface area contributed by atoms with Crippen LogP contribution in [-0.4, -0.2) is 46.7 Å². The molecule has 29 heavy (non-hydrogen) atoms. The maximum atomic E-state index is 14.1. The number of amides is 3. The van der Waals surface area contributed by atoms with Crippen molar-refractivity contribution in [1.82, 2.24) is 10.2 Å². The monoisotopic (exact) mass is 417 g/mol. The Morgan fingerprint density at radius 1 is 1.21 bits per heavy atom. The first kappa shape index (κ1) is 19.1. The summed E-state index contributed by atoms with van der Waals surface area (Å²) in [5, 5.41) is 6.16. The van der Waals surface area contributed by atoms with E-state index in [1.807, 2.05) is 6.26 Å². The highest BCUT2D eigenvalue weighted by Crippen LogP contribution is 2.54. The van der Waals surface area contributed by atoms with Crippen molar-refractivity contribution in [1.29, 1.82) is 0 Å². The van der Waals surface area contributed by atoms with Gasteiger partial charge in [-0.15, -0.1) is 0 Å². The number of likely N-dealkylation sites (tertiary alicyclic amines) is 1. The van der Waals surface area contributed by atoms with Crippen LogP contribution >= 0.6 is 11.8 Å². The fourth-order valence-electron chi connectivity index (χ4n) is 5.81. The van der Waals surface area contributed by atoms with Gasteiger partial charge in [-0.2, -0.15) is 11.8 Å². The summed E-state index contributed by atoms with van der Waals surface area (Å²) < 4.78 is 14.1. The maximum Gasteiger partial charge on any atom is 0.250 e. The molecule has 3 amide bonds. The van der Waals surface area contributed by atoms with Gasteiger partial charge in [0.2, 0.25) is 17.7 Å². The standard InChI is InChI=1S/C21H24FN3O3S/c1-29-9-8-15-16-17(19(27)25(18(16)26)12-4-2-3-5-12)21(24-15)13-10-11(22)6-7-14(13)23-20(21)28/h6-7,10,12,15-17,24H,2-5,8-9H2,1H3,(H,23,28)/t15-,16-,17+,21-/m1/s1. The largest absolute Gasteiger partial charge is 0.324 e. The summed E-state index contributed by atoms with van der Waals surface area (Å²) in [6.07, 6.45) is 6.31. The molecule has 0 bridgehead atoms. The number of thioether (sulfide) groups is 1. The highest BCUT2D eigenvalue weighted by molar-refractivity contribution is 7.98. The zero-order valence-corrected chi connectivity index (χ0v) is 17.1. The van der Waals surface area contributed by atoms with Crippen LogP contribution in [-0.2, 0) is 19.9 Å². The van der Waals surface area contributed by atoms with Gasteiger partial charge in [0.25, 0.3) is 0 Å². The van der Waals surface area contributed by atoms with Crippen LogP contribution in [0.3, 0.4) is 0 Å². The van der Waals surface area contributed by atoms with Crippen LogP contribution in [0.2, 0.25) is 0 Å². The molecule has 5 rings (SSSR count). The Hall–Kier alpha value is -1.93. The topological polar surface area (TPSA) is 78.5 Å². The number of carbonyl (C=O) groups excluding carboxylic acids is 3. The molecular formula is C21H24FN3O3S. The second kappa shape index (κ2) is 6.80. The molecule has 8 heteroatoms. The van der Waals surface area contributed by atoms with Crippen molar-refractivity contribution in [2.24, 2.45) is 11.8 Å². The Morgan fingerprint density at radius 3 is 2.69 bits per heavy atom. The quantitative estimate of drug-likeness (QED) is 0.735. The van der Waals surface area contributed by atoms with Gasteiger partial charge in [-0.05, 0) is 49.5 Å². The van der Waals surface area contributed by atoms with E-state index in [0.717, 1.165) is 31.4 Å². The van der Waals surface area contributed by atoms with Gasteiger partial charge in [0.1, 0.15) is 11.4 Å². The van der Waals surface area contributed by atoms with Crippen LogP contribution in [0.5, 0.6) is 0 Å². The van der Waals surface area contributed by atoms with Gasteiger partial charge in [-0.25, -0.2) is 4.39 Å². The molecular weight excluding hydrogens is 393 g/mol. The van der Waals surface area contributed by atoms with E-state index in [2.05, 4.69) is 10.6 Å². The van der Waals surface area contributed by atoms with E-state index in [0.29, 0.717) is 17.7 Å². The third-order valence-corrected chi connectivity index (χ3v) is 7.68. The molecule has 154 valence electrons. The summed E-state index contributed by atoms with van der Waals surface area (Å²) in [4.78, 5) is 41.7. The van der Waals surface area contributed by atoms with Crippen LogP contribution in [0.25, 0.3) is 0 Å². The minimum Gasteiger partial charge on any atom is -0.324 e. The number of fused-ring (bicyclic) bond motifs is 4. The lowest BCUT2D eigenvalue weighted by molar-refractivity contribution is -0.145. The number of nitrogens with zero attached hydrogens (tertiary/aromatic N) is 1. The van der Waals surface area contributed by atoms with Gasteiger partial charge in [0, 0.05) is 23.3 Å². The van der Waals surface area contributed by atoms with E-state index < -0.39 is 23.2 Å². The van der Waals surface area contributed by atoms with E-state index in [4.69, 9.17) is 0 Å². The number of anilines is 1. The van der Waals surface area contributed by atoms with Gasteiger partial charge >= 0.3 is 0 Å². The van der Waals surface area contributed by atoms with Crippen LogP contribution in [0.4, 0.5) is 10.1 Å². The number of benzene rings is 1. The summed E-state index contributed by atoms with van der Waals surface area (Å²) in [6.45, 7) is 0. The molecule has 0 unspecified atom stereocenters. The Balaban J connectivity index is 1.63. The van der Waals surface area contributed by atoms with Crippen molar-refractivity contribution < 1.29 is 18.8 Å². The van der Waals surface area contributed by atoms with Gasteiger partial charge in [0.15, 0.2) is 0 Å². The Bertz CT molecular complexity index is 903. The number of carbonyl (C=O) groups is 3. The van der Waals surface area contributed by atoms with Crippen molar-refractivity contribution in [2.75, 3.05) is 17.3 Å². The molecule has 1 aromatic rings. The van der Waals surface area contributed by atoms with Gasteiger partial charge < -0.3 is 5.32 Å². The predicted molar refractivity (Wildman–Crippen MR) is 108 cm³/mol. The molecule has 1 saturated carbocycles. The average molecular weight is 418 g/mol. The van der Waals surface area contributed by atoms with Crippen LogP contribution < -0.4 is 10.6 Å². The minimum atomic E-state index is -1.38. The normalized spacial score (nSPS) is 33.7. The number of nitrogens with one attached hydrogen (secondary N) is 2. The first-order valence-electron chi connectivity index (χ1n) is 10.2. The van der Waals surface area contributed by atoms with E-state index in [9.17, 15) is 18.8 Å². The van der Waals surface area contributed by atoms with Crippen LogP contribution in [0, 0.1) is 17.7 Å². The van der Waals surface area contributed by atoms with Gasteiger partial charge in [0.05, 0.1) is 11.8 Å². The Labute approximate surface area is 173 Å². The highest BCUT2D eigenvalue weighted by Gasteiger charge is 2.70. The number of rotatable bonds is 4. The molecule has 0 radical (unpaired) electrons. The highest BCUT2D eigenvalue weighted by atomic mass is 32.2. The first-order chi connectivity index (χ1) is 14.0. The SMILES string of the molecule is CSCC[C@H]1N[C@@]2(C(=O)Nc3ccc(F)cc32)[C@@H]2C(=O)N(C3CCCC3)C(=O)[C@@H]21. The van der Waals surface area contributed by atoms with Crippen molar-refractivity contribution in [3.63, 3.8) is 0 Å². The van der Waals surface area contributed by atoms with Crippen molar-refractivity contribution in [2.45, 2.75) is 49.7 Å². The molecule has 4 atom stereocenters. The minimum absolute atomic E-state index is 0.0738. The lowest BCUT2D eigenvalue weighted by Crippen LogP contribution is -2.54. The second-order valence-electron chi connectivity index (χ2n) is 8.47. The molecule has 2 saturated heterocycles. The molecule has 1 spiro atoms. The molecule has 3 aliphatic heterocycles. The van der Waals surface area contributed by atoms with Crippen molar-refractivity contribution in [3.8, 4) is 0 Å². The Morgan fingerprint density at radius 2 is 1.97 bits per heavy atom. The average Bonchev–Trinajstić information content (AvgIpc) is 3.43. The molecule has 6 nitrogen and oxygen atoms in total. The van der Waals surface area contributed by atoms with Crippen LogP contribution in [0.15, 0.2) is 18.2 Å². The van der Waals surface area contributed by atoms with E-state index in [-0.39, 0.29) is 29.8 Å². The fourth-order valence-corrected chi connectivity index (χ4v) is 6.30. The van der Waals surface area contributed by atoms with E-state index >= 15 is 0 Å².